The van der Waals surface area contributed by atoms with Crippen molar-refractivity contribution in [3.63, 3.8) is 0 Å². The van der Waals surface area contributed by atoms with Gasteiger partial charge in [0.2, 0.25) is 0 Å². The van der Waals surface area contributed by atoms with Gasteiger partial charge in [-0.1, -0.05) is 0 Å². The standard InChI is InChI=1S/C7H9.C5H5.C2H4.2ClH.Zr/c1-6-4-3-5-7(6)2;1-2-4-5-3-1;1-2;;;/h4H,3H2,1-2H3;1-3H,4H2;1-2H2;2*1H;/q;;;;;+2/p-2. The van der Waals surface area contributed by atoms with Crippen molar-refractivity contribution in [3.8, 4) is 0 Å². The van der Waals surface area contributed by atoms with E-state index in [4.69, 9.17) is 0 Å². The predicted octanol–water partition coefficient (Wildman–Crippen LogP) is -1.53. The zero-order valence-corrected chi connectivity index (χ0v) is 14.4. The molecule has 1 saturated heterocycles. The summed E-state index contributed by atoms with van der Waals surface area (Å²) in [4.78, 5) is 0. The van der Waals surface area contributed by atoms with Crippen LogP contribution in [0.2, 0.25) is 8.26 Å². The van der Waals surface area contributed by atoms with E-state index in [-0.39, 0.29) is 24.8 Å². The van der Waals surface area contributed by atoms with Crippen molar-refractivity contribution in [2.75, 3.05) is 0 Å². The molecule has 1 aliphatic heterocycles. The van der Waals surface area contributed by atoms with Crippen molar-refractivity contribution in [3.05, 3.63) is 42.0 Å². The molecule has 0 N–H and O–H groups in total. The Morgan fingerprint density at radius 2 is 1.76 bits per heavy atom. The fourth-order valence-electron chi connectivity index (χ4n) is 3.10. The van der Waals surface area contributed by atoms with Crippen LogP contribution in [0, 0.1) is 0 Å². The van der Waals surface area contributed by atoms with E-state index in [0.717, 1.165) is 0 Å². The van der Waals surface area contributed by atoms with Gasteiger partial charge in [-0.25, -0.2) is 0 Å². The van der Waals surface area contributed by atoms with E-state index < -0.39 is 20.3 Å². The smallest absolute Gasteiger partial charge is 1.00 e. The van der Waals surface area contributed by atoms with Crippen molar-refractivity contribution in [1.29, 1.82) is 0 Å². The molecule has 0 aromatic carbocycles. The fraction of sp³-hybridized carbons (Fsp3) is 0.429. The minimum Gasteiger partial charge on any atom is -1.00 e. The van der Waals surface area contributed by atoms with E-state index >= 15 is 0 Å². The molecule has 92 valence electrons. The first-order valence-electron chi connectivity index (χ1n) is 5.97. The molecule has 3 heteroatoms. The molecule has 0 saturated carbocycles. The van der Waals surface area contributed by atoms with Crippen LogP contribution in [0.4, 0.5) is 0 Å². The zero-order valence-electron chi connectivity index (χ0n) is 10.4. The Labute approximate surface area is 121 Å². The molecule has 0 nitrogen and oxygen atoms in total. The quantitative estimate of drug-likeness (QED) is 0.568. The molecule has 0 radical (unpaired) electrons. The number of rotatable bonds is 2. The second-order valence-electron chi connectivity index (χ2n) is 5.10. The molecule has 0 bridgehead atoms. The monoisotopic (exact) mass is 346 g/mol. The predicted molar refractivity (Wildman–Crippen MR) is 62.5 cm³/mol. The maximum Gasteiger partial charge on any atom is -1.00 e. The molecular weight excluding hydrogens is 330 g/mol. The van der Waals surface area contributed by atoms with E-state index in [1.54, 1.807) is 19.4 Å². The Balaban J connectivity index is 0.000000722. The molecular formula is C14H18Cl2Zr. The van der Waals surface area contributed by atoms with Crippen molar-refractivity contribution >= 4 is 0 Å². The van der Waals surface area contributed by atoms with Crippen LogP contribution in [0.3, 0.4) is 0 Å². The van der Waals surface area contributed by atoms with Gasteiger partial charge in [0, 0.05) is 0 Å². The summed E-state index contributed by atoms with van der Waals surface area (Å²) in [6.07, 6.45) is 12.1. The summed E-state index contributed by atoms with van der Waals surface area (Å²) < 4.78 is 6.99. The zero-order chi connectivity index (χ0) is 10.5. The molecule has 0 aromatic rings. The molecule has 3 aliphatic rings. The van der Waals surface area contributed by atoms with Crippen molar-refractivity contribution in [2.45, 2.75) is 34.9 Å². The van der Waals surface area contributed by atoms with Crippen molar-refractivity contribution in [2.24, 2.45) is 0 Å². The van der Waals surface area contributed by atoms with Gasteiger partial charge in [0.1, 0.15) is 0 Å². The minimum atomic E-state index is -1.86. The summed E-state index contributed by atoms with van der Waals surface area (Å²) in [5.74, 6) is 0. The molecule has 0 unspecified atom stereocenters. The number of halogens is 2. The van der Waals surface area contributed by atoms with Gasteiger partial charge in [-0.3, -0.25) is 0 Å². The summed E-state index contributed by atoms with van der Waals surface area (Å²) >= 11 is -1.86. The van der Waals surface area contributed by atoms with Crippen LogP contribution in [-0.2, 0) is 20.3 Å². The Morgan fingerprint density at radius 1 is 1.06 bits per heavy atom. The number of hydrogen-bond acceptors (Lipinski definition) is 0. The van der Waals surface area contributed by atoms with E-state index in [1.807, 2.05) is 6.56 Å². The summed E-state index contributed by atoms with van der Waals surface area (Å²) in [5, 5.41) is 0. The maximum atomic E-state index is 2.45. The van der Waals surface area contributed by atoms with E-state index in [9.17, 15) is 0 Å². The molecule has 0 amide bonds. The van der Waals surface area contributed by atoms with E-state index in [2.05, 4.69) is 38.2 Å². The fourth-order valence-corrected chi connectivity index (χ4v) is 17.1. The molecule has 0 spiro atoms. The molecule has 2 aliphatic carbocycles. The van der Waals surface area contributed by atoms with Crippen molar-refractivity contribution < 1.29 is 45.1 Å². The van der Waals surface area contributed by atoms with Crippen LogP contribution in [0.15, 0.2) is 42.0 Å². The van der Waals surface area contributed by atoms with Gasteiger partial charge < -0.3 is 24.8 Å². The summed E-state index contributed by atoms with van der Waals surface area (Å²) in [7, 11) is 0. The second kappa shape index (κ2) is 5.60. The normalized spacial score (nSPS) is 22.0. The number of allylic oxidation sites excluding steroid dienone is 8. The summed E-state index contributed by atoms with van der Waals surface area (Å²) in [6.45, 7) is 4.64. The van der Waals surface area contributed by atoms with Crippen LogP contribution in [-0.4, -0.2) is 0 Å². The number of hydrogen-bond donors (Lipinski definition) is 0. The van der Waals surface area contributed by atoms with Crippen LogP contribution in [0.5, 0.6) is 0 Å². The Morgan fingerprint density at radius 3 is 2.18 bits per heavy atom. The molecule has 1 fully saturated rings. The van der Waals surface area contributed by atoms with Crippen LogP contribution < -0.4 is 24.8 Å². The minimum absolute atomic E-state index is 0. The summed E-state index contributed by atoms with van der Waals surface area (Å²) in [5.41, 5.74) is 3.22. The first-order chi connectivity index (χ1) is 7.24. The topological polar surface area (TPSA) is 0 Å². The third kappa shape index (κ3) is 2.44. The van der Waals surface area contributed by atoms with Gasteiger partial charge in [0.25, 0.3) is 0 Å². The third-order valence-corrected chi connectivity index (χ3v) is 16.3. The van der Waals surface area contributed by atoms with Gasteiger partial charge in [0.15, 0.2) is 0 Å². The van der Waals surface area contributed by atoms with Gasteiger partial charge in [-0.05, 0) is 0 Å². The summed E-state index contributed by atoms with van der Waals surface area (Å²) in [6, 6.07) is 0. The molecule has 3 rings (SSSR count). The van der Waals surface area contributed by atoms with E-state index in [1.165, 1.54) is 12.8 Å². The Kier molecular flexibility index (Phi) is 5.10. The van der Waals surface area contributed by atoms with Crippen LogP contribution >= 0.6 is 0 Å². The molecule has 0 atom stereocenters. The van der Waals surface area contributed by atoms with Gasteiger partial charge in [-0.15, -0.1) is 0 Å². The van der Waals surface area contributed by atoms with Gasteiger partial charge >= 0.3 is 97.2 Å². The molecule has 1 heterocycles. The second-order valence-corrected chi connectivity index (χ2v) is 15.9. The average molecular weight is 348 g/mol. The maximum absolute atomic E-state index is 2.45. The average Bonchev–Trinajstić information content (AvgIpc) is 2.72. The Bertz CT molecular complexity index is 437. The largest absolute Gasteiger partial charge is 1.00 e. The van der Waals surface area contributed by atoms with E-state index in [0.29, 0.717) is 0 Å². The first-order valence-corrected chi connectivity index (χ1v) is 11.9. The first kappa shape index (κ1) is 15.5. The molecule has 0 aromatic heterocycles. The third-order valence-electron chi connectivity index (χ3n) is 4.37. The van der Waals surface area contributed by atoms with Crippen molar-refractivity contribution in [1.82, 2.24) is 0 Å². The Hall–Kier alpha value is 0.423. The van der Waals surface area contributed by atoms with Gasteiger partial charge in [0.05, 0.1) is 0 Å². The van der Waals surface area contributed by atoms with Crippen LogP contribution in [0.1, 0.15) is 26.7 Å². The molecule has 17 heavy (non-hydrogen) atoms. The SMILES string of the molecule is CC1=CC[C]([Zr+2]2([C]3=CC=CC3)[CH2][CH2]2)=C1C.[Cl-].[Cl-]. The van der Waals surface area contributed by atoms with Gasteiger partial charge in [-0.2, -0.15) is 0 Å². The van der Waals surface area contributed by atoms with Crippen LogP contribution in [0.25, 0.3) is 0 Å².